The Hall–Kier alpha value is -2.00. The maximum Gasteiger partial charge on any atom is 0.465 e. The molecule has 0 unspecified atom stereocenters. The number of rotatable bonds is 4. The molecule has 3 saturated heterocycles. The molecule has 1 aromatic carbocycles. The average molecular weight is 453 g/mol. The van der Waals surface area contributed by atoms with Gasteiger partial charge in [0.2, 0.25) is 11.8 Å². The fraction of sp³-hybridized carbons (Fsp3) is 0.600. The van der Waals surface area contributed by atoms with Gasteiger partial charge in [0.1, 0.15) is 0 Å². The minimum atomic E-state index is -0.578. The lowest BCUT2D eigenvalue weighted by molar-refractivity contribution is -0.192. The van der Waals surface area contributed by atoms with Crippen LogP contribution in [0.2, 0.25) is 5.82 Å². The van der Waals surface area contributed by atoms with Crippen LogP contribution in [0.3, 0.4) is 0 Å². The van der Waals surface area contributed by atoms with Crippen LogP contribution in [0, 0.1) is 11.8 Å². The first-order chi connectivity index (χ1) is 15.6. The fourth-order valence-electron chi connectivity index (χ4n) is 5.46. The summed E-state index contributed by atoms with van der Waals surface area (Å²) in [5, 5.41) is 0. The summed E-state index contributed by atoms with van der Waals surface area (Å²) in [7, 11) is -0.468. The Balaban J connectivity index is 1.48. The molecular formula is C25H32BNO6. The second-order valence-electron chi connectivity index (χ2n) is 10.3. The highest BCUT2D eigenvalue weighted by Crippen LogP contribution is 2.52. The summed E-state index contributed by atoms with van der Waals surface area (Å²) in [5.41, 5.74) is 0.658. The molecule has 0 N–H and O–H groups in total. The number of allylic oxidation sites excluding steroid dienone is 1. The Morgan fingerprint density at radius 2 is 1.73 bits per heavy atom. The van der Waals surface area contributed by atoms with Crippen molar-refractivity contribution in [1.29, 1.82) is 0 Å². The van der Waals surface area contributed by atoms with Crippen LogP contribution < -0.4 is 4.90 Å². The minimum Gasteiger partial charge on any atom is -0.403 e. The van der Waals surface area contributed by atoms with Crippen LogP contribution in [0.5, 0.6) is 0 Å². The Morgan fingerprint density at radius 3 is 2.36 bits per heavy atom. The number of carbonyl (C=O) groups excluding carboxylic acids is 2. The van der Waals surface area contributed by atoms with Crippen molar-refractivity contribution in [3.05, 3.63) is 42.0 Å². The topological polar surface area (TPSA) is 74.3 Å². The first kappa shape index (κ1) is 22.8. The molecule has 8 heteroatoms. The molecule has 0 spiro atoms. The lowest BCUT2D eigenvalue weighted by Crippen LogP contribution is -2.48. The van der Waals surface area contributed by atoms with Crippen molar-refractivity contribution >= 4 is 24.6 Å². The number of hydrogen-bond donors (Lipinski definition) is 0. The van der Waals surface area contributed by atoms with Gasteiger partial charge in [-0.3, -0.25) is 9.59 Å². The van der Waals surface area contributed by atoms with Gasteiger partial charge in [-0.1, -0.05) is 24.3 Å². The molecule has 0 saturated carbocycles. The molecular weight excluding hydrogens is 421 g/mol. The first-order valence-corrected chi connectivity index (χ1v) is 11.9. The van der Waals surface area contributed by atoms with E-state index in [2.05, 4.69) is 6.08 Å². The van der Waals surface area contributed by atoms with Gasteiger partial charge in [-0.25, -0.2) is 4.90 Å². The summed E-state index contributed by atoms with van der Waals surface area (Å²) in [4.78, 5) is 28.2. The lowest BCUT2D eigenvalue weighted by Gasteiger charge is -2.43. The molecule has 3 fully saturated rings. The summed E-state index contributed by atoms with van der Waals surface area (Å²) in [5.74, 6) is -1.51. The molecule has 3 aliphatic heterocycles. The van der Waals surface area contributed by atoms with Gasteiger partial charge in [-0.15, -0.1) is 0 Å². The van der Waals surface area contributed by atoms with Crippen LogP contribution in [0.25, 0.3) is 0 Å². The van der Waals surface area contributed by atoms with E-state index >= 15 is 0 Å². The molecule has 0 radical (unpaired) electrons. The molecule has 2 amide bonds. The summed E-state index contributed by atoms with van der Waals surface area (Å²) in [6, 6.07) is 9.11. The van der Waals surface area contributed by atoms with Crippen molar-refractivity contribution < 1.29 is 28.4 Å². The van der Waals surface area contributed by atoms with Crippen molar-refractivity contribution in [2.24, 2.45) is 11.8 Å². The van der Waals surface area contributed by atoms with Gasteiger partial charge in [0.05, 0.1) is 34.8 Å². The largest absolute Gasteiger partial charge is 0.465 e. The van der Waals surface area contributed by atoms with E-state index < -0.39 is 42.6 Å². The maximum absolute atomic E-state index is 13.6. The SMILES string of the molecule is CCO[C@@H]1C[C@H](B2OC(C)(C)C(C)(C)O2)C2=CC[C@H]3C(=O)N(c4ccccc4)C(=O)[C@H]3[C@H]2O1. The number of carbonyl (C=O) groups is 2. The number of ether oxygens (including phenoxy) is 2. The number of amides is 2. The van der Waals surface area contributed by atoms with E-state index in [1.165, 1.54) is 4.90 Å². The molecule has 4 aliphatic rings. The van der Waals surface area contributed by atoms with E-state index in [1.54, 1.807) is 12.1 Å². The highest BCUT2D eigenvalue weighted by molar-refractivity contribution is 6.48. The third-order valence-electron chi connectivity index (χ3n) is 7.88. The zero-order chi connectivity index (χ0) is 23.5. The predicted molar refractivity (Wildman–Crippen MR) is 123 cm³/mol. The van der Waals surface area contributed by atoms with E-state index in [9.17, 15) is 9.59 Å². The molecule has 1 aliphatic carbocycles. The second-order valence-corrected chi connectivity index (χ2v) is 10.3. The normalized spacial score (nSPS) is 34.8. The van der Waals surface area contributed by atoms with E-state index in [4.69, 9.17) is 18.8 Å². The van der Waals surface area contributed by atoms with E-state index in [1.807, 2.05) is 52.8 Å². The van der Waals surface area contributed by atoms with Gasteiger partial charge in [-0.2, -0.15) is 0 Å². The standard InChI is InChI=1S/C25H32BNO6/c1-6-30-19-14-18(26-32-24(2,3)25(4,5)33-26)16-12-13-17-20(21(16)31-19)23(29)27(22(17)28)15-10-8-7-9-11-15/h7-12,17-21H,6,13-14H2,1-5H3/t17-,18+,19+,20-,21+/m1/s1. The Kier molecular flexibility index (Phi) is 5.56. The van der Waals surface area contributed by atoms with Gasteiger partial charge in [0, 0.05) is 18.8 Å². The summed E-state index contributed by atoms with van der Waals surface area (Å²) >= 11 is 0. The van der Waals surface area contributed by atoms with Crippen LogP contribution in [-0.4, -0.2) is 49.1 Å². The minimum absolute atomic E-state index is 0.115. The van der Waals surface area contributed by atoms with Crippen LogP contribution in [0.4, 0.5) is 5.69 Å². The van der Waals surface area contributed by atoms with E-state index in [0.29, 0.717) is 25.1 Å². The molecule has 5 rings (SSSR count). The zero-order valence-corrected chi connectivity index (χ0v) is 19.9. The molecule has 3 heterocycles. The Morgan fingerprint density at radius 1 is 1.06 bits per heavy atom. The zero-order valence-electron chi connectivity index (χ0n) is 19.9. The molecule has 33 heavy (non-hydrogen) atoms. The smallest absolute Gasteiger partial charge is 0.403 e. The number of benzene rings is 1. The summed E-state index contributed by atoms with van der Waals surface area (Å²) < 4.78 is 25.0. The first-order valence-electron chi connectivity index (χ1n) is 11.9. The van der Waals surface area contributed by atoms with Crippen molar-refractivity contribution in [3.63, 3.8) is 0 Å². The second kappa shape index (κ2) is 8.05. The number of nitrogens with zero attached hydrogens (tertiary/aromatic N) is 1. The number of fused-ring (bicyclic) bond motifs is 3. The molecule has 0 bridgehead atoms. The number of anilines is 1. The van der Waals surface area contributed by atoms with E-state index in [0.717, 1.165) is 5.57 Å². The van der Waals surface area contributed by atoms with Gasteiger partial charge in [-0.05, 0) is 58.7 Å². The van der Waals surface area contributed by atoms with Crippen LogP contribution in [0.1, 0.15) is 47.5 Å². The fourth-order valence-corrected chi connectivity index (χ4v) is 5.46. The third-order valence-corrected chi connectivity index (χ3v) is 7.88. The van der Waals surface area contributed by atoms with Crippen molar-refractivity contribution in [1.82, 2.24) is 0 Å². The molecule has 7 nitrogen and oxygen atoms in total. The van der Waals surface area contributed by atoms with Gasteiger partial charge in [0.15, 0.2) is 6.29 Å². The van der Waals surface area contributed by atoms with Crippen molar-refractivity contribution in [2.75, 3.05) is 11.5 Å². The number of para-hydroxylation sites is 1. The monoisotopic (exact) mass is 453 g/mol. The van der Waals surface area contributed by atoms with Crippen LogP contribution in [-0.2, 0) is 28.4 Å². The lowest BCUT2D eigenvalue weighted by atomic mass is 9.60. The van der Waals surface area contributed by atoms with E-state index in [-0.39, 0.29) is 17.6 Å². The third kappa shape index (κ3) is 3.59. The molecule has 0 aromatic heterocycles. The molecule has 176 valence electrons. The Bertz CT molecular complexity index is 960. The number of imide groups is 1. The number of hydrogen-bond acceptors (Lipinski definition) is 6. The quantitative estimate of drug-likeness (QED) is 0.393. The highest BCUT2D eigenvalue weighted by atomic mass is 16.7. The van der Waals surface area contributed by atoms with Crippen molar-refractivity contribution in [3.8, 4) is 0 Å². The van der Waals surface area contributed by atoms with Crippen LogP contribution in [0.15, 0.2) is 42.0 Å². The molecule has 1 aromatic rings. The van der Waals surface area contributed by atoms with Crippen molar-refractivity contribution in [2.45, 2.75) is 76.9 Å². The summed E-state index contributed by atoms with van der Waals surface area (Å²) in [6.45, 7) is 10.5. The van der Waals surface area contributed by atoms with Crippen LogP contribution >= 0.6 is 0 Å². The summed E-state index contributed by atoms with van der Waals surface area (Å²) in [6.07, 6.45) is 2.12. The highest BCUT2D eigenvalue weighted by Gasteiger charge is 2.61. The maximum atomic E-state index is 13.6. The Labute approximate surface area is 195 Å². The van der Waals surface area contributed by atoms with Gasteiger partial charge >= 0.3 is 7.12 Å². The average Bonchev–Trinajstić information content (AvgIpc) is 3.16. The van der Waals surface area contributed by atoms with Gasteiger partial charge in [0.25, 0.3) is 0 Å². The predicted octanol–water partition coefficient (Wildman–Crippen LogP) is 3.74. The van der Waals surface area contributed by atoms with Gasteiger partial charge < -0.3 is 18.8 Å². The molecule has 5 atom stereocenters.